The molecule has 0 saturated heterocycles. The first-order valence-corrected chi connectivity index (χ1v) is 7.14. The topological polar surface area (TPSA) is 12.0 Å². The second kappa shape index (κ2) is 6.51. The molecule has 4 heteroatoms. The molecular formula is C15H14BrClFN. The second-order valence-electron chi connectivity index (χ2n) is 4.31. The summed E-state index contributed by atoms with van der Waals surface area (Å²) in [6.07, 6.45) is 0.677. The number of halogens is 3. The summed E-state index contributed by atoms with van der Waals surface area (Å²) >= 11 is 9.55. The first kappa shape index (κ1) is 14.5. The van der Waals surface area contributed by atoms with Crippen molar-refractivity contribution in [3.8, 4) is 0 Å². The normalized spacial score (nSPS) is 12.4. The van der Waals surface area contributed by atoms with Gasteiger partial charge in [-0.3, -0.25) is 0 Å². The van der Waals surface area contributed by atoms with E-state index in [2.05, 4.69) is 21.2 Å². The van der Waals surface area contributed by atoms with Gasteiger partial charge in [-0.25, -0.2) is 4.39 Å². The van der Waals surface area contributed by atoms with Crippen molar-refractivity contribution in [2.45, 2.75) is 12.5 Å². The van der Waals surface area contributed by atoms with Gasteiger partial charge < -0.3 is 5.32 Å². The molecule has 0 bridgehead atoms. The van der Waals surface area contributed by atoms with Gasteiger partial charge in [0.2, 0.25) is 0 Å². The fourth-order valence-corrected chi connectivity index (χ4v) is 2.83. The smallest absolute Gasteiger partial charge is 0.129 e. The predicted molar refractivity (Wildman–Crippen MR) is 81.1 cm³/mol. The van der Waals surface area contributed by atoms with Gasteiger partial charge in [0.05, 0.1) is 0 Å². The maximum absolute atomic E-state index is 13.9. The molecule has 1 nitrogen and oxygen atoms in total. The summed E-state index contributed by atoms with van der Waals surface area (Å²) in [4.78, 5) is 0. The third-order valence-corrected chi connectivity index (χ3v) is 3.85. The van der Waals surface area contributed by atoms with E-state index in [1.165, 1.54) is 6.07 Å². The zero-order valence-electron chi connectivity index (χ0n) is 10.5. The van der Waals surface area contributed by atoms with Crippen molar-refractivity contribution in [3.05, 3.63) is 68.9 Å². The van der Waals surface area contributed by atoms with E-state index in [0.29, 0.717) is 17.0 Å². The van der Waals surface area contributed by atoms with Crippen LogP contribution >= 0.6 is 27.5 Å². The summed E-state index contributed by atoms with van der Waals surface area (Å²) in [7, 11) is 1.81. The number of nitrogens with one attached hydrogen (secondary N) is 1. The summed E-state index contributed by atoms with van der Waals surface area (Å²) in [6, 6.07) is 12.6. The average Bonchev–Trinajstić information content (AvgIpc) is 2.37. The number of hydrogen-bond donors (Lipinski definition) is 1. The second-order valence-corrected chi connectivity index (χ2v) is 5.63. The zero-order valence-corrected chi connectivity index (χ0v) is 12.8. The van der Waals surface area contributed by atoms with E-state index in [0.717, 1.165) is 10.0 Å². The number of hydrogen-bond acceptors (Lipinski definition) is 1. The monoisotopic (exact) mass is 341 g/mol. The number of likely N-dealkylation sites (N-methyl/N-ethyl adjacent to an activating group) is 1. The van der Waals surface area contributed by atoms with Gasteiger partial charge in [-0.2, -0.15) is 0 Å². The van der Waals surface area contributed by atoms with Crippen molar-refractivity contribution in [2.75, 3.05) is 7.05 Å². The summed E-state index contributed by atoms with van der Waals surface area (Å²) in [5, 5.41) is 3.58. The predicted octanol–water partition coefficient (Wildman–Crippen LogP) is 4.74. The lowest BCUT2D eigenvalue weighted by atomic mass is 9.98. The summed E-state index contributed by atoms with van der Waals surface area (Å²) < 4.78 is 14.9. The van der Waals surface area contributed by atoms with Crippen molar-refractivity contribution in [2.24, 2.45) is 0 Å². The van der Waals surface area contributed by atoms with Crippen molar-refractivity contribution >= 4 is 27.5 Å². The van der Waals surface area contributed by atoms with E-state index in [-0.39, 0.29) is 11.9 Å². The highest BCUT2D eigenvalue weighted by Crippen LogP contribution is 2.28. The summed E-state index contributed by atoms with van der Waals surface area (Å²) in [6.45, 7) is 0. The third-order valence-electron chi connectivity index (χ3n) is 3.03. The Balaban J connectivity index is 2.30. The fraction of sp³-hybridized carbons (Fsp3) is 0.200. The highest BCUT2D eigenvalue weighted by molar-refractivity contribution is 9.10. The van der Waals surface area contributed by atoms with Crippen LogP contribution in [0.2, 0.25) is 5.02 Å². The highest BCUT2D eigenvalue weighted by atomic mass is 79.9. The van der Waals surface area contributed by atoms with E-state index in [9.17, 15) is 4.39 Å². The number of benzene rings is 2. The van der Waals surface area contributed by atoms with Crippen LogP contribution in [-0.4, -0.2) is 7.05 Å². The number of rotatable bonds is 4. The van der Waals surface area contributed by atoms with Gasteiger partial charge >= 0.3 is 0 Å². The van der Waals surface area contributed by atoms with Crippen LogP contribution in [0.5, 0.6) is 0 Å². The van der Waals surface area contributed by atoms with Crippen LogP contribution in [0.15, 0.2) is 46.9 Å². The molecule has 2 aromatic rings. The Labute approximate surface area is 125 Å². The minimum atomic E-state index is -0.276. The molecule has 0 aliphatic heterocycles. The lowest BCUT2D eigenvalue weighted by Crippen LogP contribution is -2.20. The minimum Gasteiger partial charge on any atom is -0.313 e. The third kappa shape index (κ3) is 3.56. The molecule has 0 radical (unpaired) electrons. The van der Waals surface area contributed by atoms with Crippen LogP contribution in [0.3, 0.4) is 0 Å². The molecule has 100 valence electrons. The molecule has 1 atom stereocenters. The molecule has 2 rings (SSSR count). The standard InChI is InChI=1S/C15H14BrClFN/c1-19-14(9-10-4-2-5-11(16)8-10)15-12(17)6-3-7-13(15)18/h2-8,14,19H,9H2,1H3. The molecule has 0 aliphatic carbocycles. The first-order valence-electron chi connectivity index (χ1n) is 5.97. The highest BCUT2D eigenvalue weighted by Gasteiger charge is 2.17. The Kier molecular flexibility index (Phi) is 4.97. The van der Waals surface area contributed by atoms with Gasteiger partial charge in [-0.05, 0) is 43.3 Å². The average molecular weight is 343 g/mol. The minimum absolute atomic E-state index is 0.150. The molecule has 0 aliphatic rings. The van der Waals surface area contributed by atoms with E-state index in [4.69, 9.17) is 11.6 Å². The van der Waals surface area contributed by atoms with Crippen LogP contribution in [0.25, 0.3) is 0 Å². The Bertz CT molecular complexity index is 554. The van der Waals surface area contributed by atoms with Gasteiger partial charge in [0.1, 0.15) is 5.82 Å². The Hall–Kier alpha value is -0.900. The Morgan fingerprint density at radius 1 is 1.26 bits per heavy atom. The van der Waals surface area contributed by atoms with Crippen molar-refractivity contribution in [3.63, 3.8) is 0 Å². The molecule has 2 aromatic carbocycles. The maximum Gasteiger partial charge on any atom is 0.129 e. The fourth-order valence-electron chi connectivity index (χ4n) is 2.09. The SMILES string of the molecule is CNC(Cc1cccc(Br)c1)c1c(F)cccc1Cl. The maximum atomic E-state index is 13.9. The molecule has 19 heavy (non-hydrogen) atoms. The summed E-state index contributed by atoms with van der Waals surface area (Å²) in [5.74, 6) is -0.276. The molecular weight excluding hydrogens is 329 g/mol. The molecule has 0 heterocycles. The molecule has 0 aromatic heterocycles. The molecule has 1 N–H and O–H groups in total. The summed E-state index contributed by atoms with van der Waals surface area (Å²) in [5.41, 5.74) is 1.64. The Morgan fingerprint density at radius 2 is 2.00 bits per heavy atom. The van der Waals surface area contributed by atoms with Gasteiger partial charge in [-0.15, -0.1) is 0 Å². The van der Waals surface area contributed by atoms with Gasteiger partial charge in [-0.1, -0.05) is 45.7 Å². The molecule has 1 unspecified atom stereocenters. The largest absolute Gasteiger partial charge is 0.313 e. The Morgan fingerprint density at radius 3 is 2.63 bits per heavy atom. The van der Waals surface area contributed by atoms with Crippen molar-refractivity contribution in [1.29, 1.82) is 0 Å². The zero-order chi connectivity index (χ0) is 13.8. The lowest BCUT2D eigenvalue weighted by Gasteiger charge is -2.19. The van der Waals surface area contributed by atoms with E-state index < -0.39 is 0 Å². The van der Waals surface area contributed by atoms with E-state index >= 15 is 0 Å². The lowest BCUT2D eigenvalue weighted by molar-refractivity contribution is 0.534. The van der Waals surface area contributed by atoms with Gasteiger partial charge in [0.25, 0.3) is 0 Å². The van der Waals surface area contributed by atoms with E-state index in [1.54, 1.807) is 12.1 Å². The van der Waals surface area contributed by atoms with Crippen molar-refractivity contribution < 1.29 is 4.39 Å². The van der Waals surface area contributed by atoms with Crippen LogP contribution in [0.4, 0.5) is 4.39 Å². The van der Waals surface area contributed by atoms with Crippen LogP contribution < -0.4 is 5.32 Å². The van der Waals surface area contributed by atoms with E-state index in [1.807, 2.05) is 31.3 Å². The van der Waals surface area contributed by atoms with Gasteiger partial charge in [0.15, 0.2) is 0 Å². The van der Waals surface area contributed by atoms with Crippen LogP contribution in [-0.2, 0) is 6.42 Å². The van der Waals surface area contributed by atoms with Crippen LogP contribution in [0.1, 0.15) is 17.2 Å². The van der Waals surface area contributed by atoms with Crippen molar-refractivity contribution in [1.82, 2.24) is 5.32 Å². The quantitative estimate of drug-likeness (QED) is 0.846. The van der Waals surface area contributed by atoms with Crippen LogP contribution in [0, 0.1) is 5.82 Å². The molecule has 0 spiro atoms. The molecule has 0 fully saturated rings. The molecule has 0 amide bonds. The molecule has 0 saturated carbocycles. The first-order chi connectivity index (χ1) is 9.11. The van der Waals surface area contributed by atoms with Gasteiger partial charge in [0, 0.05) is 21.1 Å².